The van der Waals surface area contributed by atoms with Crippen molar-refractivity contribution in [3.63, 3.8) is 0 Å². The van der Waals surface area contributed by atoms with Crippen LogP contribution in [0.5, 0.6) is 0 Å². The second-order valence-corrected chi connectivity index (χ2v) is 8.39. The fraction of sp³-hybridized carbons (Fsp3) is 0.409. The molecule has 2 heterocycles. The Kier molecular flexibility index (Phi) is 5.72. The monoisotopic (exact) mass is 401 g/mol. The van der Waals surface area contributed by atoms with Crippen molar-refractivity contribution in [2.75, 3.05) is 19.6 Å². The van der Waals surface area contributed by atoms with Gasteiger partial charge in [0.1, 0.15) is 0 Å². The van der Waals surface area contributed by atoms with E-state index in [0.717, 1.165) is 43.5 Å². The van der Waals surface area contributed by atoms with Gasteiger partial charge < -0.3 is 9.47 Å². The molecule has 3 nitrogen and oxygen atoms in total. The van der Waals surface area contributed by atoms with E-state index in [1.807, 2.05) is 18.5 Å². The number of nitrogens with zero attached hydrogens (tertiary/aromatic N) is 3. The number of fused-ring (bicyclic) bond motifs is 1. The van der Waals surface area contributed by atoms with Gasteiger partial charge in [-0.1, -0.05) is 60.5 Å². The molecule has 3 aromatic rings. The van der Waals surface area contributed by atoms with Gasteiger partial charge in [-0.25, -0.2) is 4.98 Å². The SMILES string of the molecule is CC(CCN1CCC(n2cnc3cc(Cl)c(Cl)cc32)CC1)c1ccccc1. The first kappa shape index (κ1) is 18.8. The molecule has 0 bridgehead atoms. The number of imidazole rings is 1. The van der Waals surface area contributed by atoms with E-state index in [1.54, 1.807) is 0 Å². The number of benzene rings is 2. The van der Waals surface area contributed by atoms with Crippen LogP contribution in [-0.4, -0.2) is 34.1 Å². The highest BCUT2D eigenvalue weighted by Gasteiger charge is 2.22. The predicted molar refractivity (Wildman–Crippen MR) is 114 cm³/mol. The van der Waals surface area contributed by atoms with Crippen molar-refractivity contribution in [3.05, 3.63) is 64.4 Å². The summed E-state index contributed by atoms with van der Waals surface area (Å²) >= 11 is 12.3. The van der Waals surface area contributed by atoms with Crippen LogP contribution in [0.1, 0.15) is 43.7 Å². The molecular formula is C22H25Cl2N3. The molecular weight excluding hydrogens is 377 g/mol. The Hall–Kier alpha value is -1.55. The topological polar surface area (TPSA) is 21.1 Å². The van der Waals surface area contributed by atoms with Gasteiger partial charge in [-0.05, 0) is 49.4 Å². The summed E-state index contributed by atoms with van der Waals surface area (Å²) in [4.78, 5) is 7.11. The van der Waals surface area contributed by atoms with Crippen LogP contribution < -0.4 is 0 Å². The molecule has 1 aliphatic heterocycles. The quantitative estimate of drug-likeness (QED) is 0.509. The van der Waals surface area contributed by atoms with Crippen molar-refractivity contribution < 1.29 is 0 Å². The van der Waals surface area contributed by atoms with Crippen LogP contribution in [0.3, 0.4) is 0 Å². The zero-order valence-corrected chi connectivity index (χ0v) is 17.1. The van der Waals surface area contributed by atoms with E-state index in [9.17, 15) is 0 Å². The number of halogens is 2. The molecule has 1 aliphatic rings. The van der Waals surface area contributed by atoms with Crippen molar-refractivity contribution >= 4 is 34.2 Å². The maximum absolute atomic E-state index is 6.22. The van der Waals surface area contributed by atoms with Crippen LogP contribution in [0.2, 0.25) is 10.0 Å². The third-order valence-corrected chi connectivity index (χ3v) is 6.54. The Morgan fingerprint density at radius 3 is 2.52 bits per heavy atom. The van der Waals surface area contributed by atoms with Crippen LogP contribution in [0.25, 0.3) is 11.0 Å². The first-order chi connectivity index (χ1) is 13.1. The summed E-state index contributed by atoms with van der Waals surface area (Å²) in [5.74, 6) is 0.605. The number of hydrogen-bond acceptors (Lipinski definition) is 2. The average Bonchev–Trinajstić information content (AvgIpc) is 3.10. The second-order valence-electron chi connectivity index (χ2n) is 7.58. The summed E-state index contributed by atoms with van der Waals surface area (Å²) in [6.07, 6.45) is 5.43. The highest BCUT2D eigenvalue weighted by Crippen LogP contribution is 2.31. The van der Waals surface area contributed by atoms with Crippen LogP contribution >= 0.6 is 23.2 Å². The van der Waals surface area contributed by atoms with Crippen LogP contribution in [0, 0.1) is 0 Å². The molecule has 0 aliphatic carbocycles. The number of likely N-dealkylation sites (tertiary alicyclic amines) is 1. The minimum atomic E-state index is 0.482. The van der Waals surface area contributed by atoms with Crippen molar-refractivity contribution in [1.29, 1.82) is 0 Å². The van der Waals surface area contributed by atoms with E-state index in [1.165, 1.54) is 12.0 Å². The van der Waals surface area contributed by atoms with E-state index >= 15 is 0 Å². The first-order valence-electron chi connectivity index (χ1n) is 9.70. The zero-order chi connectivity index (χ0) is 18.8. The summed E-state index contributed by atoms with van der Waals surface area (Å²) in [6, 6.07) is 15.1. The maximum atomic E-state index is 6.22. The predicted octanol–water partition coefficient (Wildman–Crippen LogP) is 6.17. The number of piperidine rings is 1. The van der Waals surface area contributed by atoms with Crippen LogP contribution in [0.4, 0.5) is 0 Å². The first-order valence-corrected chi connectivity index (χ1v) is 10.5. The Balaban J connectivity index is 1.35. The average molecular weight is 402 g/mol. The van der Waals surface area contributed by atoms with Gasteiger partial charge in [0.15, 0.2) is 0 Å². The second kappa shape index (κ2) is 8.22. The Morgan fingerprint density at radius 2 is 1.78 bits per heavy atom. The van der Waals surface area contributed by atoms with Crippen LogP contribution in [0.15, 0.2) is 48.8 Å². The van der Waals surface area contributed by atoms with Crippen molar-refractivity contribution in [1.82, 2.24) is 14.5 Å². The Bertz CT molecular complexity index is 899. The lowest BCUT2D eigenvalue weighted by Gasteiger charge is -2.33. The third-order valence-electron chi connectivity index (χ3n) is 5.81. The molecule has 0 amide bonds. The van der Waals surface area contributed by atoms with Crippen molar-refractivity contribution in [2.24, 2.45) is 0 Å². The van der Waals surface area contributed by atoms with Crippen molar-refractivity contribution in [3.8, 4) is 0 Å². The third kappa shape index (κ3) is 4.16. The van der Waals surface area contributed by atoms with Gasteiger partial charge in [0.25, 0.3) is 0 Å². The van der Waals surface area contributed by atoms with E-state index in [4.69, 9.17) is 23.2 Å². The maximum Gasteiger partial charge on any atom is 0.0960 e. The zero-order valence-electron chi connectivity index (χ0n) is 15.6. The summed E-state index contributed by atoms with van der Waals surface area (Å²) in [5, 5.41) is 1.16. The highest BCUT2D eigenvalue weighted by atomic mass is 35.5. The number of rotatable bonds is 5. The molecule has 1 unspecified atom stereocenters. The van der Waals surface area contributed by atoms with Gasteiger partial charge >= 0.3 is 0 Å². The normalized spacial score (nSPS) is 17.4. The molecule has 5 heteroatoms. The van der Waals surface area contributed by atoms with Gasteiger partial charge in [0.2, 0.25) is 0 Å². The lowest BCUT2D eigenvalue weighted by molar-refractivity contribution is 0.184. The molecule has 0 radical (unpaired) electrons. The van der Waals surface area contributed by atoms with Gasteiger partial charge in [-0.15, -0.1) is 0 Å². The molecule has 1 aromatic heterocycles. The molecule has 142 valence electrons. The standard InChI is InChI=1S/C22H25Cl2N3/c1-16(17-5-3-2-4-6-17)7-10-26-11-8-18(9-12-26)27-15-25-21-13-19(23)20(24)14-22(21)27/h2-6,13-16,18H,7-12H2,1H3. The summed E-state index contributed by atoms with van der Waals surface area (Å²) < 4.78 is 2.28. The largest absolute Gasteiger partial charge is 0.327 e. The summed E-state index contributed by atoms with van der Waals surface area (Å²) in [7, 11) is 0. The van der Waals surface area contributed by atoms with Gasteiger partial charge in [0.05, 0.1) is 27.4 Å². The molecule has 4 rings (SSSR count). The fourth-order valence-corrected chi connectivity index (χ4v) is 4.38. The summed E-state index contributed by atoms with van der Waals surface area (Å²) in [5.41, 5.74) is 3.44. The molecule has 1 atom stereocenters. The molecule has 0 saturated carbocycles. The van der Waals surface area contributed by atoms with Crippen LogP contribution in [-0.2, 0) is 0 Å². The number of aromatic nitrogens is 2. The van der Waals surface area contributed by atoms with E-state index in [2.05, 4.69) is 51.7 Å². The molecule has 2 aromatic carbocycles. The van der Waals surface area contributed by atoms with E-state index in [-0.39, 0.29) is 0 Å². The van der Waals surface area contributed by atoms with Crippen molar-refractivity contribution in [2.45, 2.75) is 38.1 Å². The van der Waals surface area contributed by atoms with E-state index < -0.39 is 0 Å². The Morgan fingerprint density at radius 1 is 1.07 bits per heavy atom. The minimum Gasteiger partial charge on any atom is -0.327 e. The molecule has 0 spiro atoms. The lowest BCUT2D eigenvalue weighted by Crippen LogP contribution is -2.35. The fourth-order valence-electron chi connectivity index (χ4n) is 4.06. The minimum absolute atomic E-state index is 0.482. The lowest BCUT2D eigenvalue weighted by atomic mass is 9.97. The van der Waals surface area contributed by atoms with E-state index in [0.29, 0.717) is 22.0 Å². The van der Waals surface area contributed by atoms with Gasteiger partial charge in [0, 0.05) is 19.1 Å². The Labute approximate surface area is 170 Å². The molecule has 1 saturated heterocycles. The highest BCUT2D eigenvalue weighted by molar-refractivity contribution is 6.42. The molecule has 27 heavy (non-hydrogen) atoms. The molecule has 0 N–H and O–H groups in total. The smallest absolute Gasteiger partial charge is 0.0960 e. The van der Waals surface area contributed by atoms with Gasteiger partial charge in [-0.3, -0.25) is 0 Å². The molecule has 1 fully saturated rings. The number of hydrogen-bond donors (Lipinski definition) is 0. The van der Waals surface area contributed by atoms with Gasteiger partial charge in [-0.2, -0.15) is 0 Å². The summed E-state index contributed by atoms with van der Waals surface area (Å²) in [6.45, 7) is 5.75.